The van der Waals surface area contributed by atoms with Gasteiger partial charge in [0.25, 0.3) is 0 Å². The Morgan fingerprint density at radius 3 is 3.16 bits per heavy atom. The summed E-state index contributed by atoms with van der Waals surface area (Å²) in [6.07, 6.45) is 9.13. The molecule has 0 amide bonds. The predicted octanol–water partition coefficient (Wildman–Crippen LogP) is 3.53. The lowest BCUT2D eigenvalue weighted by atomic mass is 10.3. The lowest BCUT2D eigenvalue weighted by Gasteiger charge is -1.94. The molecule has 1 saturated carbocycles. The minimum atomic E-state index is 0.691. The van der Waals surface area contributed by atoms with Gasteiger partial charge in [0.2, 0.25) is 0 Å². The first-order chi connectivity index (χ1) is 9.38. The highest BCUT2D eigenvalue weighted by molar-refractivity contribution is 7.10. The fourth-order valence-corrected chi connectivity index (χ4v) is 2.93. The highest BCUT2D eigenvalue weighted by Crippen LogP contribution is 2.34. The highest BCUT2D eigenvalue weighted by Gasteiger charge is 2.23. The van der Waals surface area contributed by atoms with E-state index in [-0.39, 0.29) is 0 Å². The Kier molecular flexibility index (Phi) is 2.51. The van der Waals surface area contributed by atoms with Gasteiger partial charge in [-0.25, -0.2) is 9.97 Å². The largest absolute Gasteiger partial charge is 0.463 e. The van der Waals surface area contributed by atoms with Gasteiger partial charge in [0.1, 0.15) is 5.69 Å². The summed E-state index contributed by atoms with van der Waals surface area (Å²) in [6, 6.07) is 4.50. The number of imidazole rings is 1. The Morgan fingerprint density at radius 2 is 2.37 bits per heavy atom. The zero-order chi connectivity index (χ0) is 12.7. The second kappa shape index (κ2) is 4.35. The second-order valence-electron chi connectivity index (χ2n) is 4.82. The van der Waals surface area contributed by atoms with Crippen LogP contribution in [0.4, 0.5) is 0 Å². The fraction of sp³-hybridized carbons (Fsp3) is 0.286. The number of aromatic nitrogens is 3. The first-order valence-electron chi connectivity index (χ1n) is 6.39. The molecule has 1 fully saturated rings. The van der Waals surface area contributed by atoms with Crippen molar-refractivity contribution in [3.05, 3.63) is 47.0 Å². The minimum Gasteiger partial charge on any atom is -0.463 e. The van der Waals surface area contributed by atoms with Crippen LogP contribution in [0.25, 0.3) is 11.5 Å². The summed E-state index contributed by atoms with van der Waals surface area (Å²) < 4.78 is 7.57. The third-order valence-corrected chi connectivity index (χ3v) is 4.13. The molecule has 1 aliphatic rings. The molecule has 96 valence electrons. The second-order valence-corrected chi connectivity index (χ2v) is 5.77. The van der Waals surface area contributed by atoms with E-state index in [1.165, 1.54) is 12.8 Å². The van der Waals surface area contributed by atoms with Crippen molar-refractivity contribution in [2.45, 2.75) is 25.3 Å². The smallest absolute Gasteiger partial charge is 0.153 e. The molecule has 4 nitrogen and oxygen atoms in total. The van der Waals surface area contributed by atoms with Gasteiger partial charge in [-0.2, -0.15) is 0 Å². The van der Waals surface area contributed by atoms with Crippen LogP contribution in [0.15, 0.2) is 40.7 Å². The van der Waals surface area contributed by atoms with Crippen molar-refractivity contribution in [3.8, 4) is 11.5 Å². The third-order valence-electron chi connectivity index (χ3n) is 3.28. The summed E-state index contributed by atoms with van der Waals surface area (Å²) in [5.74, 6) is 0.825. The summed E-state index contributed by atoms with van der Waals surface area (Å²) >= 11 is 1.66. The van der Waals surface area contributed by atoms with Crippen LogP contribution in [0.2, 0.25) is 0 Å². The van der Waals surface area contributed by atoms with Crippen molar-refractivity contribution in [2.75, 3.05) is 0 Å². The van der Waals surface area contributed by atoms with E-state index in [0.29, 0.717) is 6.04 Å². The molecule has 3 aromatic heterocycles. The summed E-state index contributed by atoms with van der Waals surface area (Å²) in [5.41, 5.74) is 2.00. The maximum absolute atomic E-state index is 5.35. The van der Waals surface area contributed by atoms with Gasteiger partial charge < -0.3 is 8.98 Å². The Hall–Kier alpha value is -1.88. The number of furan rings is 1. The lowest BCUT2D eigenvalue weighted by molar-refractivity contribution is 0.580. The Labute approximate surface area is 114 Å². The molecular formula is C14H13N3OS. The normalized spacial score (nSPS) is 14.9. The molecule has 1 aliphatic carbocycles. The zero-order valence-electron chi connectivity index (χ0n) is 10.3. The third kappa shape index (κ3) is 2.21. The van der Waals surface area contributed by atoms with Crippen LogP contribution in [-0.4, -0.2) is 14.5 Å². The van der Waals surface area contributed by atoms with Crippen LogP contribution in [0.5, 0.6) is 0 Å². The molecule has 4 rings (SSSR count). The van der Waals surface area contributed by atoms with Crippen LogP contribution >= 0.6 is 11.3 Å². The molecule has 0 radical (unpaired) electrons. The molecule has 0 aliphatic heterocycles. The number of nitrogens with zero attached hydrogens (tertiary/aromatic N) is 3. The van der Waals surface area contributed by atoms with Gasteiger partial charge in [0.15, 0.2) is 5.76 Å². The summed E-state index contributed by atoms with van der Waals surface area (Å²) in [4.78, 5) is 9.04. The van der Waals surface area contributed by atoms with Crippen LogP contribution < -0.4 is 0 Å². The average molecular weight is 271 g/mol. The molecule has 19 heavy (non-hydrogen) atoms. The van der Waals surface area contributed by atoms with E-state index in [1.807, 2.05) is 23.8 Å². The molecule has 0 bridgehead atoms. The van der Waals surface area contributed by atoms with Crippen molar-refractivity contribution in [2.24, 2.45) is 0 Å². The van der Waals surface area contributed by atoms with Crippen molar-refractivity contribution in [1.29, 1.82) is 0 Å². The van der Waals surface area contributed by atoms with Crippen molar-refractivity contribution in [3.63, 3.8) is 0 Å². The van der Waals surface area contributed by atoms with E-state index in [9.17, 15) is 0 Å². The van der Waals surface area contributed by atoms with Gasteiger partial charge in [-0.15, -0.1) is 11.3 Å². The molecule has 0 spiro atoms. The standard InChI is InChI=1S/C14H13N3OS/c1-2-13(18-5-1)12-8-19-14(16-12)6-10-7-17(9-15-10)11-3-4-11/h1-2,5,7-9,11H,3-4,6H2. The number of thiazole rings is 1. The van der Waals surface area contributed by atoms with E-state index in [0.717, 1.165) is 28.6 Å². The molecule has 0 atom stereocenters. The van der Waals surface area contributed by atoms with Gasteiger partial charge in [-0.05, 0) is 25.0 Å². The molecule has 3 aromatic rings. The Morgan fingerprint density at radius 1 is 1.42 bits per heavy atom. The average Bonchev–Trinajstić information content (AvgIpc) is 2.90. The number of rotatable bonds is 4. The van der Waals surface area contributed by atoms with E-state index in [2.05, 4.69) is 20.7 Å². The number of hydrogen-bond acceptors (Lipinski definition) is 4. The van der Waals surface area contributed by atoms with Crippen molar-refractivity contribution >= 4 is 11.3 Å². The first kappa shape index (κ1) is 11.0. The SMILES string of the molecule is c1coc(-c2csc(Cc3cn(C4CC4)cn3)n2)c1. The molecule has 0 N–H and O–H groups in total. The maximum Gasteiger partial charge on any atom is 0.153 e. The quantitative estimate of drug-likeness (QED) is 0.729. The van der Waals surface area contributed by atoms with Crippen molar-refractivity contribution < 1.29 is 4.42 Å². The van der Waals surface area contributed by atoms with E-state index < -0.39 is 0 Å². The van der Waals surface area contributed by atoms with Gasteiger partial charge in [-0.1, -0.05) is 0 Å². The lowest BCUT2D eigenvalue weighted by Crippen LogP contribution is -1.89. The van der Waals surface area contributed by atoms with Gasteiger partial charge >= 0.3 is 0 Å². The van der Waals surface area contributed by atoms with E-state index >= 15 is 0 Å². The first-order valence-corrected chi connectivity index (χ1v) is 7.27. The highest BCUT2D eigenvalue weighted by atomic mass is 32.1. The van der Waals surface area contributed by atoms with Gasteiger partial charge in [0, 0.05) is 24.0 Å². The molecule has 0 unspecified atom stereocenters. The van der Waals surface area contributed by atoms with E-state index in [4.69, 9.17) is 4.42 Å². The summed E-state index contributed by atoms with van der Waals surface area (Å²) in [5, 5.41) is 3.11. The number of hydrogen-bond donors (Lipinski definition) is 0. The van der Waals surface area contributed by atoms with Gasteiger partial charge in [-0.3, -0.25) is 0 Å². The molecule has 5 heteroatoms. The molecule has 3 heterocycles. The zero-order valence-corrected chi connectivity index (χ0v) is 11.1. The summed E-state index contributed by atoms with van der Waals surface area (Å²) in [7, 11) is 0. The predicted molar refractivity (Wildman–Crippen MR) is 73.1 cm³/mol. The maximum atomic E-state index is 5.35. The molecule has 0 aromatic carbocycles. The Balaban J connectivity index is 1.52. The fourth-order valence-electron chi connectivity index (χ4n) is 2.13. The van der Waals surface area contributed by atoms with E-state index in [1.54, 1.807) is 17.6 Å². The monoisotopic (exact) mass is 271 g/mol. The van der Waals surface area contributed by atoms with Crippen molar-refractivity contribution in [1.82, 2.24) is 14.5 Å². The molecule has 0 saturated heterocycles. The van der Waals surface area contributed by atoms with Crippen LogP contribution in [0.1, 0.15) is 29.6 Å². The molecular weight excluding hydrogens is 258 g/mol. The minimum absolute atomic E-state index is 0.691. The van der Waals surface area contributed by atoms with Crippen LogP contribution in [-0.2, 0) is 6.42 Å². The Bertz CT molecular complexity index is 679. The summed E-state index contributed by atoms with van der Waals surface area (Å²) in [6.45, 7) is 0. The van der Waals surface area contributed by atoms with Crippen LogP contribution in [0.3, 0.4) is 0 Å². The topological polar surface area (TPSA) is 43.9 Å². The van der Waals surface area contributed by atoms with Gasteiger partial charge in [0.05, 0.1) is 23.3 Å². The van der Waals surface area contributed by atoms with Crippen LogP contribution in [0, 0.1) is 0 Å².